The maximum absolute atomic E-state index is 12.6. The Kier molecular flexibility index (Phi) is 5.03. The van der Waals surface area contributed by atoms with Gasteiger partial charge >= 0.3 is 0 Å². The van der Waals surface area contributed by atoms with Gasteiger partial charge in [-0.3, -0.25) is 4.79 Å². The van der Waals surface area contributed by atoms with Crippen LogP contribution in [0.4, 0.5) is 0 Å². The predicted molar refractivity (Wildman–Crippen MR) is 114 cm³/mol. The van der Waals surface area contributed by atoms with Crippen LogP contribution in [0.1, 0.15) is 16.8 Å². The van der Waals surface area contributed by atoms with Gasteiger partial charge in [0.25, 0.3) is 11.8 Å². The Bertz CT molecular complexity index is 1140. The van der Waals surface area contributed by atoms with Crippen molar-refractivity contribution in [3.8, 4) is 28.6 Å². The minimum Gasteiger partial charge on any atom is -0.488 e. The van der Waals surface area contributed by atoms with Crippen molar-refractivity contribution in [2.24, 2.45) is 0 Å². The molecule has 150 valence electrons. The number of para-hydroxylation sites is 1. The Balaban J connectivity index is 1.33. The van der Waals surface area contributed by atoms with Crippen LogP contribution in [0.5, 0.6) is 5.75 Å². The lowest BCUT2D eigenvalue weighted by molar-refractivity contribution is 0.0773. The molecule has 5 rings (SSSR count). The van der Waals surface area contributed by atoms with E-state index in [4.69, 9.17) is 9.26 Å². The average Bonchev–Trinajstić information content (AvgIpc) is 3.56. The van der Waals surface area contributed by atoms with Crippen molar-refractivity contribution in [2.45, 2.75) is 12.5 Å². The lowest BCUT2D eigenvalue weighted by atomic mass is 10.2. The molecular formula is C23H19N3O3S. The standard InChI is InChI=1S/C23H19N3O3S/c27-23(17-11-13-30-15-17)26-12-10-18(14-26)28-20-9-5-4-8-19(20)22-24-21(25-29-22)16-6-2-1-3-7-16/h1-9,11,13,15,18H,10,12,14H2. The molecule has 1 unspecified atom stereocenters. The third-order valence-corrected chi connectivity index (χ3v) is 5.75. The molecule has 0 spiro atoms. The van der Waals surface area contributed by atoms with Gasteiger partial charge in [-0.05, 0) is 23.6 Å². The van der Waals surface area contributed by atoms with Crippen LogP contribution in [0, 0.1) is 0 Å². The molecule has 0 radical (unpaired) electrons. The van der Waals surface area contributed by atoms with Gasteiger partial charge in [-0.25, -0.2) is 0 Å². The summed E-state index contributed by atoms with van der Waals surface area (Å²) in [5.41, 5.74) is 2.37. The maximum atomic E-state index is 12.6. The van der Waals surface area contributed by atoms with Gasteiger partial charge in [-0.15, -0.1) is 0 Å². The molecule has 1 aliphatic heterocycles. The Morgan fingerprint density at radius 2 is 1.93 bits per heavy atom. The molecule has 6 nitrogen and oxygen atoms in total. The van der Waals surface area contributed by atoms with Crippen LogP contribution in [0.25, 0.3) is 22.8 Å². The molecule has 30 heavy (non-hydrogen) atoms. The molecule has 2 aromatic carbocycles. The van der Waals surface area contributed by atoms with Crippen LogP contribution < -0.4 is 4.74 Å². The smallest absolute Gasteiger partial charge is 0.262 e. The van der Waals surface area contributed by atoms with E-state index in [0.29, 0.717) is 30.6 Å². The van der Waals surface area contributed by atoms with Gasteiger partial charge in [0, 0.05) is 23.9 Å². The number of thiophene rings is 1. The summed E-state index contributed by atoms with van der Waals surface area (Å²) in [6.07, 6.45) is 0.703. The summed E-state index contributed by atoms with van der Waals surface area (Å²) in [6.45, 7) is 1.24. The van der Waals surface area contributed by atoms with Gasteiger partial charge in [0.1, 0.15) is 11.9 Å². The molecule has 1 saturated heterocycles. The van der Waals surface area contributed by atoms with Gasteiger partial charge in [0.15, 0.2) is 0 Å². The Labute approximate surface area is 177 Å². The molecule has 1 atom stereocenters. The number of hydrogen-bond donors (Lipinski definition) is 0. The van der Waals surface area contributed by atoms with Crippen molar-refractivity contribution >= 4 is 17.2 Å². The van der Waals surface area contributed by atoms with E-state index in [1.807, 2.05) is 76.3 Å². The number of aromatic nitrogens is 2. The highest BCUT2D eigenvalue weighted by atomic mass is 32.1. The number of carbonyl (C=O) groups excluding carboxylic acids is 1. The van der Waals surface area contributed by atoms with E-state index >= 15 is 0 Å². The highest BCUT2D eigenvalue weighted by molar-refractivity contribution is 7.08. The second-order valence-corrected chi connectivity index (χ2v) is 7.86. The van der Waals surface area contributed by atoms with E-state index in [0.717, 1.165) is 23.1 Å². The fraction of sp³-hybridized carbons (Fsp3) is 0.174. The number of ether oxygens (including phenoxy) is 1. The second-order valence-electron chi connectivity index (χ2n) is 7.08. The minimum absolute atomic E-state index is 0.0556. The molecule has 0 bridgehead atoms. The normalized spacial score (nSPS) is 16.0. The zero-order chi connectivity index (χ0) is 20.3. The van der Waals surface area contributed by atoms with Crippen LogP contribution in [0.2, 0.25) is 0 Å². The van der Waals surface area contributed by atoms with E-state index in [-0.39, 0.29) is 12.0 Å². The van der Waals surface area contributed by atoms with Gasteiger partial charge in [0.2, 0.25) is 5.82 Å². The van der Waals surface area contributed by atoms with Crippen LogP contribution in [-0.2, 0) is 0 Å². The average molecular weight is 417 g/mol. The summed E-state index contributed by atoms with van der Waals surface area (Å²) < 4.78 is 11.8. The first-order valence-corrected chi connectivity index (χ1v) is 10.7. The lowest BCUT2D eigenvalue weighted by Gasteiger charge is -2.17. The molecule has 0 N–H and O–H groups in total. The third kappa shape index (κ3) is 3.71. The van der Waals surface area contributed by atoms with Crippen LogP contribution in [0.3, 0.4) is 0 Å². The first kappa shape index (κ1) is 18.6. The van der Waals surface area contributed by atoms with Gasteiger partial charge in [0.05, 0.1) is 17.7 Å². The lowest BCUT2D eigenvalue weighted by Crippen LogP contribution is -2.30. The molecule has 1 fully saturated rings. The molecule has 1 aliphatic rings. The first-order valence-electron chi connectivity index (χ1n) is 9.74. The molecule has 0 aliphatic carbocycles. The van der Waals surface area contributed by atoms with E-state index in [2.05, 4.69) is 10.1 Å². The highest BCUT2D eigenvalue weighted by Gasteiger charge is 2.29. The molecular weight excluding hydrogens is 398 g/mol. The number of likely N-dealkylation sites (tertiary alicyclic amines) is 1. The quantitative estimate of drug-likeness (QED) is 0.468. The van der Waals surface area contributed by atoms with E-state index in [1.165, 1.54) is 11.3 Å². The molecule has 1 amide bonds. The fourth-order valence-electron chi connectivity index (χ4n) is 3.54. The number of rotatable bonds is 5. The summed E-state index contributed by atoms with van der Waals surface area (Å²) in [6, 6.07) is 19.2. The number of hydrogen-bond acceptors (Lipinski definition) is 6. The number of amides is 1. The third-order valence-electron chi connectivity index (χ3n) is 5.07. The monoisotopic (exact) mass is 417 g/mol. The van der Waals surface area contributed by atoms with E-state index < -0.39 is 0 Å². The SMILES string of the molecule is O=C(c1ccsc1)N1CCC(Oc2ccccc2-c2nc(-c3ccccc3)no2)C1. The minimum atomic E-state index is -0.0785. The summed E-state index contributed by atoms with van der Waals surface area (Å²) in [4.78, 5) is 19.0. The van der Waals surface area contributed by atoms with Gasteiger partial charge in [-0.1, -0.05) is 47.6 Å². The predicted octanol–water partition coefficient (Wildman–Crippen LogP) is 4.76. The summed E-state index contributed by atoms with van der Waals surface area (Å²) in [5.74, 6) is 1.68. The van der Waals surface area contributed by atoms with Crippen molar-refractivity contribution in [1.29, 1.82) is 0 Å². The van der Waals surface area contributed by atoms with Crippen molar-refractivity contribution < 1.29 is 14.1 Å². The van der Waals surface area contributed by atoms with Crippen molar-refractivity contribution in [3.05, 3.63) is 77.0 Å². The number of benzene rings is 2. The van der Waals surface area contributed by atoms with Crippen LogP contribution in [0.15, 0.2) is 75.9 Å². The maximum Gasteiger partial charge on any atom is 0.262 e. The Hall–Kier alpha value is -3.45. The topological polar surface area (TPSA) is 68.5 Å². The largest absolute Gasteiger partial charge is 0.488 e. The molecule has 0 saturated carbocycles. The fourth-order valence-corrected chi connectivity index (χ4v) is 4.17. The van der Waals surface area contributed by atoms with Crippen molar-refractivity contribution in [2.75, 3.05) is 13.1 Å². The molecule has 2 aromatic heterocycles. The molecule has 4 aromatic rings. The van der Waals surface area contributed by atoms with Crippen LogP contribution in [-0.4, -0.2) is 40.1 Å². The summed E-state index contributed by atoms with van der Waals surface area (Å²) in [7, 11) is 0. The van der Waals surface area contributed by atoms with Gasteiger partial charge in [-0.2, -0.15) is 16.3 Å². The highest BCUT2D eigenvalue weighted by Crippen LogP contribution is 2.32. The van der Waals surface area contributed by atoms with E-state index in [1.54, 1.807) is 0 Å². The molecule has 7 heteroatoms. The van der Waals surface area contributed by atoms with Crippen molar-refractivity contribution in [3.63, 3.8) is 0 Å². The van der Waals surface area contributed by atoms with Crippen LogP contribution >= 0.6 is 11.3 Å². The number of carbonyl (C=O) groups is 1. The Morgan fingerprint density at radius 3 is 2.77 bits per heavy atom. The van der Waals surface area contributed by atoms with E-state index in [9.17, 15) is 4.79 Å². The molecule has 3 heterocycles. The summed E-state index contributed by atoms with van der Waals surface area (Å²) in [5, 5.41) is 7.90. The second kappa shape index (κ2) is 8.12. The zero-order valence-corrected chi connectivity index (χ0v) is 16.9. The number of nitrogens with zero attached hydrogens (tertiary/aromatic N) is 3. The van der Waals surface area contributed by atoms with Gasteiger partial charge < -0.3 is 14.2 Å². The first-order chi connectivity index (χ1) is 14.8. The Morgan fingerprint density at radius 1 is 1.10 bits per heavy atom. The zero-order valence-electron chi connectivity index (χ0n) is 16.1. The van der Waals surface area contributed by atoms with Crippen molar-refractivity contribution in [1.82, 2.24) is 15.0 Å². The summed E-state index contributed by atoms with van der Waals surface area (Å²) >= 11 is 1.53.